The molecule has 7 aliphatic heterocycles. The molecule has 0 radical (unpaired) electrons. The summed E-state index contributed by atoms with van der Waals surface area (Å²) in [5.41, 5.74) is -1.52. The second-order valence-electron chi connectivity index (χ2n) is 33.3. The van der Waals surface area contributed by atoms with E-state index in [-0.39, 0.29) is 34.2 Å². The maximum Gasteiger partial charge on any atom is 0.472 e. The molecule has 68 nitrogen and oxygen atoms in total. The van der Waals surface area contributed by atoms with E-state index in [0.717, 1.165) is 77.0 Å². The summed E-state index contributed by atoms with van der Waals surface area (Å²) in [6.45, 7) is -2.29. The number of aliphatic hydroxyl groups is 3. The fourth-order valence-corrected chi connectivity index (χ4v) is 22.2. The van der Waals surface area contributed by atoms with Gasteiger partial charge in [-0.1, -0.05) is 0 Å². The average Bonchev–Trinajstić information content (AvgIpc) is 1.58. The highest BCUT2D eigenvalue weighted by atomic mass is 31.2. The van der Waals surface area contributed by atoms with Gasteiger partial charge in [0.1, 0.15) is 129 Å². The van der Waals surface area contributed by atoms with Gasteiger partial charge in [-0.2, -0.15) is 9.97 Å². The highest BCUT2D eigenvalue weighted by Crippen LogP contribution is 2.58. The summed E-state index contributed by atoms with van der Waals surface area (Å²) >= 11 is 0. The highest BCUT2D eigenvalue weighted by molar-refractivity contribution is 7.49. The van der Waals surface area contributed by atoms with Gasteiger partial charge in [0, 0.05) is 97.1 Å². The van der Waals surface area contributed by atoms with E-state index in [9.17, 15) is 144 Å². The number of H-pyrrole nitrogens is 6. The standard InChI is InChI=1S/C69H91N18O50P7/c1-26-13-82(65(98)76-55(26)91)44-8-31(88)36(125-44)18-119-139(106,107)133-35-12-48(86-17-30(5)59(95)80-69(86)102)129-40(35)22-122-143(114,115)136-52-41(130-61(50(52)89)81-7-6-43(70)73-64(81)97)24-124-144(116,117)137-53-42(131-62(51(53)90)87-25-72-49-54(87)74-63(71)75-60(49)96)23-123-142(112,113)135-34-11-47(85-16-29(4)58(94)79-68(85)101)128-39(34)21-121-141(110,111)134-33-10-46(84-15-28(3)57(93)78-67(84)100)127-38(33)20-120-140(108,109)132-32-9-45(126-37(32)19-118-138(103,104)105)83-14-27(2)56(92)77-66(83)99/h6-7,13-17,25,31-42,44-48,50-53,61-62,88-90H,8-12,18-24H2,1-5H3,(H,106,107)(H,108,109)(H,110,111)(H,112,113)(H,114,115)(H,116,117)(H2,70,73,97)(H,76,91,98)(H,77,92,99)(H,78,93,100)(H,79,94,101)(H,80,95,102)(H2,103,104,105)(H3,71,74,75,96)/t31-,32-,33-,34-,35-,36+,37+,38+,39+,40+,41+,42+,44+,45+,46+,47+,48+,50+,51+,52+,53+,61+,62+/m0/s1. The van der Waals surface area contributed by atoms with Crippen molar-refractivity contribution >= 4 is 77.7 Å². The number of nitrogens with one attached hydrogen (secondary N) is 6. The molecule has 7 fully saturated rings. The van der Waals surface area contributed by atoms with Gasteiger partial charge in [0.05, 0.1) is 58.7 Å². The third-order valence-corrected chi connectivity index (χ3v) is 29.6. The van der Waals surface area contributed by atoms with Crippen LogP contribution in [-0.4, -0.2) is 275 Å². The molecule has 7 saturated heterocycles. The number of ether oxygens (including phenoxy) is 7. The van der Waals surface area contributed by atoms with Crippen molar-refractivity contribution in [3.8, 4) is 0 Å². The second-order valence-corrected chi connectivity index (χ2v) is 43.0. The molecule has 75 heteroatoms. The van der Waals surface area contributed by atoms with E-state index in [1.54, 1.807) is 0 Å². The zero-order valence-corrected chi connectivity index (χ0v) is 80.7. The van der Waals surface area contributed by atoms with Crippen LogP contribution in [0.5, 0.6) is 0 Å². The maximum absolute atomic E-state index is 14.6. The van der Waals surface area contributed by atoms with E-state index in [0.29, 0.717) is 4.57 Å². The van der Waals surface area contributed by atoms with E-state index in [4.69, 9.17) is 98.9 Å². The van der Waals surface area contributed by atoms with E-state index in [2.05, 4.69) is 29.4 Å². The van der Waals surface area contributed by atoms with E-state index in [1.807, 2.05) is 19.9 Å². The predicted octanol–water partition coefficient (Wildman–Crippen LogP) is -5.73. The summed E-state index contributed by atoms with van der Waals surface area (Å²) in [5, 5.41) is 35.0. The molecule has 144 heavy (non-hydrogen) atoms. The Hall–Kier alpha value is -9.40. The minimum Gasteiger partial charge on any atom is -0.390 e. The van der Waals surface area contributed by atoms with Gasteiger partial charge in [-0.25, -0.2) is 65.7 Å². The highest BCUT2D eigenvalue weighted by Gasteiger charge is 2.56. The summed E-state index contributed by atoms with van der Waals surface area (Å²) < 4.78 is 213. The van der Waals surface area contributed by atoms with E-state index >= 15 is 0 Å². The lowest BCUT2D eigenvalue weighted by Gasteiger charge is -2.27. The number of aromatic nitrogens is 16. The fraction of sp³-hybridized carbons (Fsp3) is 0.580. The summed E-state index contributed by atoms with van der Waals surface area (Å²) in [6, 6.07) is 1.01. The number of aliphatic hydroxyl groups excluding tert-OH is 3. The molecule has 0 aliphatic carbocycles. The third-order valence-electron chi connectivity index (χ3n) is 23.1. The first-order valence-electron chi connectivity index (χ1n) is 42.3. The Bertz CT molecular complexity index is 7350. The van der Waals surface area contributed by atoms with Crippen LogP contribution >= 0.6 is 54.8 Å². The van der Waals surface area contributed by atoms with Crippen LogP contribution in [0.3, 0.4) is 0 Å². The van der Waals surface area contributed by atoms with Crippen LogP contribution < -0.4 is 79.0 Å². The molecule has 8 aromatic rings. The molecule has 792 valence electrons. The van der Waals surface area contributed by atoms with Gasteiger partial charge in [0.25, 0.3) is 33.4 Å². The van der Waals surface area contributed by atoms with Gasteiger partial charge in [0.2, 0.25) is 5.95 Å². The number of imidazole rings is 1. The number of hydrogen-bond acceptors (Lipinski definition) is 47. The third kappa shape index (κ3) is 25.4. The molecule has 0 bridgehead atoms. The van der Waals surface area contributed by atoms with Crippen molar-refractivity contribution in [2.45, 2.75) is 208 Å². The van der Waals surface area contributed by atoms with Gasteiger partial charge in [-0.3, -0.25) is 149 Å². The Morgan fingerprint density at radius 2 is 0.639 bits per heavy atom. The summed E-state index contributed by atoms with van der Waals surface area (Å²) in [4.78, 5) is 266. The number of phosphoric ester groups is 7. The number of anilines is 2. The van der Waals surface area contributed by atoms with Crippen molar-refractivity contribution < 1.29 is 178 Å². The molecular formula is C69H91N18O50P7. The molecule has 0 saturated carbocycles. The molecule has 15 heterocycles. The number of aromatic amines is 6. The van der Waals surface area contributed by atoms with Crippen LogP contribution in [-0.2, 0) is 124 Å². The number of fused-ring (bicyclic) bond motifs is 1. The van der Waals surface area contributed by atoms with Crippen molar-refractivity contribution in [2.24, 2.45) is 0 Å². The Labute approximate surface area is 797 Å². The first kappa shape index (κ1) is 109. The van der Waals surface area contributed by atoms with Crippen molar-refractivity contribution in [3.63, 3.8) is 0 Å². The van der Waals surface area contributed by atoms with Gasteiger partial charge >= 0.3 is 88.9 Å². The molecule has 7 aliphatic rings. The molecule has 0 spiro atoms. The Balaban J connectivity index is 0.646. The van der Waals surface area contributed by atoms with Crippen LogP contribution in [0.2, 0.25) is 0 Å². The number of hydrogen-bond donors (Lipinski definition) is 19. The number of aryl methyl sites for hydroxylation is 5. The first-order valence-corrected chi connectivity index (χ1v) is 52.8. The van der Waals surface area contributed by atoms with Crippen LogP contribution in [0, 0.1) is 34.6 Å². The lowest BCUT2D eigenvalue weighted by Crippen LogP contribution is -2.38. The van der Waals surface area contributed by atoms with Crippen molar-refractivity contribution in [1.29, 1.82) is 0 Å². The molecule has 29 atom stereocenters. The largest absolute Gasteiger partial charge is 0.472 e. The summed E-state index contributed by atoms with van der Waals surface area (Å²) in [7, 11) is -40.1. The minimum absolute atomic E-state index is 0.0310. The van der Waals surface area contributed by atoms with E-state index in [1.165, 1.54) is 34.6 Å². The monoisotopic (exact) mass is 2190 g/mol. The summed E-state index contributed by atoms with van der Waals surface area (Å²) in [5.74, 6) is -0.961. The topological polar surface area (TPSA) is 951 Å². The molecular weight excluding hydrogens is 2100 g/mol. The number of nitrogen functional groups attached to an aromatic ring is 2. The van der Waals surface area contributed by atoms with Crippen LogP contribution in [0.25, 0.3) is 11.2 Å². The van der Waals surface area contributed by atoms with E-state index < -0.39 is 358 Å². The van der Waals surface area contributed by atoms with Crippen molar-refractivity contribution in [1.82, 2.24) is 76.8 Å². The first-order chi connectivity index (χ1) is 67.3. The van der Waals surface area contributed by atoms with Crippen molar-refractivity contribution in [2.75, 3.05) is 57.7 Å². The number of rotatable bonds is 40. The Morgan fingerprint density at radius 1 is 0.354 bits per heavy atom. The SMILES string of the molecule is Cc1cn([C@H]2C[C@H](OP(=O)(O)OC[C@H]3O[C@@H](n4cc(C)c(=O)[nH]c4=O)C[C@@H]3OP(=O)(O)OC[C@H]3O[C@@H](n4cc(C)c(=O)[nH]c4=O)C[C@@H]3OP(=O)(O)OC[C@H]3O[C@@H](n4cnc5c(=O)[nH]c(N)nc54)[C@H](O)[C@@H]3OP(=O)(O)OC[C@H]3O[C@@H](n4ccc(N)nc4=O)[C@H](O)[C@@H]3OP(=O)(O)OC[C@H]3O[C@@H](n4cc(C)c(=O)[nH]c4=O)C[C@@H]3OP(=O)(O)OC[C@H]3O[C@@H](n4cc(C)c(=O)[nH]c4=O)C[C@@H]3O)[C@@H](COP(=O)(O)O)O2)c(=O)[nH]c1=O. The number of nitrogens with two attached hydrogens (primary N) is 2. The summed E-state index contributed by atoms with van der Waals surface area (Å²) in [6.07, 6.45) is -40.0. The molecule has 8 aromatic heterocycles. The normalized spacial score (nSPS) is 30.3. The molecule has 0 amide bonds. The molecule has 6 unspecified atom stereocenters. The lowest BCUT2D eigenvalue weighted by atomic mass is 10.1. The van der Waals surface area contributed by atoms with Crippen LogP contribution in [0.4, 0.5) is 11.8 Å². The maximum atomic E-state index is 14.6. The van der Waals surface area contributed by atoms with Gasteiger partial charge in [-0.15, -0.1) is 0 Å². The Kier molecular flexibility index (Phi) is 32.2. The second kappa shape index (κ2) is 42.7. The lowest BCUT2D eigenvalue weighted by molar-refractivity contribution is -0.0661. The molecule has 15 rings (SSSR count). The van der Waals surface area contributed by atoms with Crippen LogP contribution in [0.1, 0.15) is 104 Å². The van der Waals surface area contributed by atoms with Gasteiger partial charge in [-0.05, 0) is 40.7 Å². The predicted molar refractivity (Wildman–Crippen MR) is 466 cm³/mol. The van der Waals surface area contributed by atoms with Crippen LogP contribution in [0.15, 0.2) is 107 Å². The van der Waals surface area contributed by atoms with Crippen molar-refractivity contribution in [3.05, 3.63) is 202 Å². The zero-order valence-electron chi connectivity index (χ0n) is 74.5. The minimum atomic E-state index is -6.07. The zero-order chi connectivity index (χ0) is 105. The smallest absolute Gasteiger partial charge is 0.390 e. The number of phosphoric acid groups is 7. The Morgan fingerprint density at radius 3 is 0.958 bits per heavy atom. The van der Waals surface area contributed by atoms with Gasteiger partial charge in [0.15, 0.2) is 23.6 Å². The number of nitrogens with zero attached hydrogens (tertiary/aromatic N) is 10. The van der Waals surface area contributed by atoms with Gasteiger partial charge < -0.3 is 99.1 Å². The molecule has 21 N–H and O–H groups in total. The fourth-order valence-electron chi connectivity index (χ4n) is 16.1. The average molecular weight is 2190 g/mol. The quantitative estimate of drug-likeness (QED) is 0.0159. The molecule has 0 aromatic carbocycles.